The fourth-order valence-electron chi connectivity index (χ4n) is 4.70. The second-order valence-corrected chi connectivity index (χ2v) is 9.27. The molecule has 0 saturated heterocycles. The van der Waals surface area contributed by atoms with Crippen LogP contribution in [0.4, 0.5) is 0 Å². The quantitative estimate of drug-likeness (QED) is 0.354. The monoisotopic (exact) mass is 484 g/mol. The van der Waals surface area contributed by atoms with Crippen LogP contribution < -0.4 is 10.6 Å². The Morgan fingerprint density at radius 1 is 1.00 bits per heavy atom. The van der Waals surface area contributed by atoms with E-state index in [1.165, 1.54) is 0 Å². The van der Waals surface area contributed by atoms with Crippen molar-refractivity contribution >= 4 is 17.9 Å². The van der Waals surface area contributed by atoms with Crippen LogP contribution in [0.1, 0.15) is 45.1 Å². The van der Waals surface area contributed by atoms with Gasteiger partial charge in [-0.2, -0.15) is 0 Å². The molecule has 3 aromatic rings. The highest BCUT2D eigenvalue weighted by Crippen LogP contribution is 2.32. The molecule has 1 aliphatic carbocycles. The molecule has 186 valence electrons. The molecule has 6 heteroatoms. The van der Waals surface area contributed by atoms with Crippen LogP contribution in [-0.2, 0) is 17.6 Å². The Bertz CT molecular complexity index is 1190. The number of hydrogen-bond acceptors (Lipinski definition) is 4. The van der Waals surface area contributed by atoms with Gasteiger partial charge in [0, 0.05) is 24.4 Å². The lowest BCUT2D eigenvalue weighted by molar-refractivity contribution is -0.127. The molecule has 0 aliphatic heterocycles. The molecule has 36 heavy (non-hydrogen) atoms. The van der Waals surface area contributed by atoms with Gasteiger partial charge in [-0.05, 0) is 47.2 Å². The molecule has 4 atom stereocenters. The Balaban J connectivity index is 1.41. The van der Waals surface area contributed by atoms with Gasteiger partial charge in [-0.25, -0.2) is 0 Å². The van der Waals surface area contributed by atoms with Gasteiger partial charge in [-0.15, -0.1) is 0 Å². The molecule has 4 rings (SSSR count). The van der Waals surface area contributed by atoms with Crippen LogP contribution in [0.15, 0.2) is 85.4 Å². The van der Waals surface area contributed by atoms with Crippen molar-refractivity contribution in [3.63, 3.8) is 0 Å². The van der Waals surface area contributed by atoms with Gasteiger partial charge < -0.3 is 20.8 Å². The molecule has 0 fully saturated rings. The standard InChI is InChI=1S/C30H32N2O4/c1-2-20-12-14-22(15-13-20)29(35)31-19-25(33)17-24(16-21-8-4-3-5-9-21)30(36)32-28-26-11-7-6-10-23(26)18-27(28)34/h2-15,24-25,27-28,33-34H,1,16-19H2,(H,31,35)(H,32,36)/t24-,25+,27-,28+/m1/s1. The molecule has 1 aliphatic rings. The van der Waals surface area contributed by atoms with Crippen LogP contribution in [0, 0.1) is 5.92 Å². The minimum Gasteiger partial charge on any atom is -0.391 e. The third-order valence-corrected chi connectivity index (χ3v) is 6.66. The van der Waals surface area contributed by atoms with Gasteiger partial charge in [0.2, 0.25) is 5.91 Å². The van der Waals surface area contributed by atoms with Crippen molar-refractivity contribution in [2.75, 3.05) is 6.54 Å². The van der Waals surface area contributed by atoms with Crippen LogP contribution in [0.3, 0.4) is 0 Å². The second kappa shape index (κ2) is 11.8. The maximum absolute atomic E-state index is 13.4. The molecule has 4 N–H and O–H groups in total. The van der Waals surface area contributed by atoms with Crippen molar-refractivity contribution in [3.05, 3.63) is 113 Å². The summed E-state index contributed by atoms with van der Waals surface area (Å²) in [6, 6.07) is 23.9. The number of carbonyl (C=O) groups excluding carboxylic acids is 2. The molecule has 0 bridgehead atoms. The highest BCUT2D eigenvalue weighted by molar-refractivity contribution is 5.94. The topological polar surface area (TPSA) is 98.7 Å². The molecule has 0 aromatic heterocycles. The third-order valence-electron chi connectivity index (χ3n) is 6.66. The van der Waals surface area contributed by atoms with Gasteiger partial charge in [-0.1, -0.05) is 79.4 Å². The van der Waals surface area contributed by atoms with E-state index in [2.05, 4.69) is 17.2 Å². The van der Waals surface area contributed by atoms with E-state index in [-0.39, 0.29) is 24.8 Å². The number of carbonyl (C=O) groups is 2. The molecule has 0 spiro atoms. The van der Waals surface area contributed by atoms with E-state index in [9.17, 15) is 19.8 Å². The zero-order valence-electron chi connectivity index (χ0n) is 20.1. The summed E-state index contributed by atoms with van der Waals surface area (Å²) in [5, 5.41) is 27.1. The summed E-state index contributed by atoms with van der Waals surface area (Å²) < 4.78 is 0. The van der Waals surface area contributed by atoms with Crippen LogP contribution in [0.5, 0.6) is 0 Å². The van der Waals surface area contributed by atoms with E-state index in [1.807, 2.05) is 54.6 Å². The van der Waals surface area contributed by atoms with Gasteiger partial charge in [0.15, 0.2) is 0 Å². The lowest BCUT2D eigenvalue weighted by atomic mass is 9.92. The largest absolute Gasteiger partial charge is 0.391 e. The van der Waals surface area contributed by atoms with Crippen molar-refractivity contribution in [2.24, 2.45) is 5.92 Å². The van der Waals surface area contributed by atoms with Gasteiger partial charge in [0.05, 0.1) is 18.2 Å². The number of rotatable bonds is 10. The van der Waals surface area contributed by atoms with E-state index < -0.39 is 24.2 Å². The minimum atomic E-state index is -0.915. The summed E-state index contributed by atoms with van der Waals surface area (Å²) in [5.41, 5.74) is 4.33. The van der Waals surface area contributed by atoms with Crippen molar-refractivity contribution in [1.82, 2.24) is 10.6 Å². The smallest absolute Gasteiger partial charge is 0.251 e. The summed E-state index contributed by atoms with van der Waals surface area (Å²) in [5.74, 6) is -1.06. The highest BCUT2D eigenvalue weighted by atomic mass is 16.3. The first-order valence-electron chi connectivity index (χ1n) is 12.2. The van der Waals surface area contributed by atoms with Crippen LogP contribution in [0.2, 0.25) is 0 Å². The lowest BCUT2D eigenvalue weighted by Crippen LogP contribution is -2.41. The van der Waals surface area contributed by atoms with Gasteiger partial charge in [-0.3, -0.25) is 9.59 Å². The third kappa shape index (κ3) is 6.27. The maximum atomic E-state index is 13.4. The first kappa shape index (κ1) is 25.4. The molecular weight excluding hydrogens is 452 g/mol. The van der Waals surface area contributed by atoms with E-state index in [1.54, 1.807) is 30.3 Å². The normalized spacial score (nSPS) is 18.1. The van der Waals surface area contributed by atoms with E-state index in [0.29, 0.717) is 18.4 Å². The average molecular weight is 485 g/mol. The summed E-state index contributed by atoms with van der Waals surface area (Å²) in [7, 11) is 0. The number of nitrogens with one attached hydrogen (secondary N) is 2. The lowest BCUT2D eigenvalue weighted by Gasteiger charge is -2.24. The number of hydrogen-bond donors (Lipinski definition) is 4. The van der Waals surface area contributed by atoms with E-state index in [4.69, 9.17) is 0 Å². The molecule has 6 nitrogen and oxygen atoms in total. The van der Waals surface area contributed by atoms with Crippen molar-refractivity contribution in [3.8, 4) is 0 Å². The Morgan fingerprint density at radius 2 is 1.69 bits per heavy atom. The molecule has 0 heterocycles. The van der Waals surface area contributed by atoms with E-state index >= 15 is 0 Å². The first-order chi connectivity index (χ1) is 17.4. The highest BCUT2D eigenvalue weighted by Gasteiger charge is 2.34. The summed E-state index contributed by atoms with van der Waals surface area (Å²) in [6.45, 7) is 3.73. The molecule has 0 unspecified atom stereocenters. The molecule has 3 aromatic carbocycles. The van der Waals surface area contributed by atoms with Gasteiger partial charge in [0.25, 0.3) is 5.91 Å². The number of benzene rings is 3. The fraction of sp³-hybridized carbons (Fsp3) is 0.267. The fourth-order valence-corrected chi connectivity index (χ4v) is 4.70. The maximum Gasteiger partial charge on any atom is 0.251 e. The predicted octanol–water partition coefficient (Wildman–Crippen LogP) is 3.44. The Kier molecular flexibility index (Phi) is 8.31. The summed E-state index contributed by atoms with van der Waals surface area (Å²) in [6.07, 6.45) is 1.19. The molecular formula is C30H32N2O4. The summed E-state index contributed by atoms with van der Waals surface area (Å²) >= 11 is 0. The Hall–Kier alpha value is -3.74. The zero-order valence-corrected chi connectivity index (χ0v) is 20.1. The van der Waals surface area contributed by atoms with Crippen molar-refractivity contribution in [1.29, 1.82) is 0 Å². The van der Waals surface area contributed by atoms with Crippen LogP contribution >= 0.6 is 0 Å². The molecule has 0 radical (unpaired) electrons. The SMILES string of the molecule is C=Cc1ccc(C(=O)NC[C@@H](O)C[C@@H](Cc2ccccc2)C(=O)N[C@H]2c3ccccc3C[C@H]2O)cc1. The first-order valence-corrected chi connectivity index (χ1v) is 12.2. The summed E-state index contributed by atoms with van der Waals surface area (Å²) in [4.78, 5) is 25.9. The Morgan fingerprint density at radius 3 is 2.42 bits per heavy atom. The van der Waals surface area contributed by atoms with Gasteiger partial charge in [0.1, 0.15) is 0 Å². The number of aliphatic hydroxyl groups excluding tert-OH is 2. The van der Waals surface area contributed by atoms with Crippen molar-refractivity contribution in [2.45, 2.75) is 37.5 Å². The predicted molar refractivity (Wildman–Crippen MR) is 140 cm³/mol. The van der Waals surface area contributed by atoms with Crippen LogP contribution in [-0.4, -0.2) is 40.8 Å². The van der Waals surface area contributed by atoms with Crippen molar-refractivity contribution < 1.29 is 19.8 Å². The zero-order chi connectivity index (χ0) is 25.5. The molecule has 2 amide bonds. The minimum absolute atomic E-state index is 0.0233. The van der Waals surface area contributed by atoms with Gasteiger partial charge >= 0.3 is 0 Å². The van der Waals surface area contributed by atoms with E-state index in [0.717, 1.165) is 22.3 Å². The number of aliphatic hydroxyl groups is 2. The average Bonchev–Trinajstić information content (AvgIpc) is 3.22. The molecule has 0 saturated carbocycles. The number of fused-ring (bicyclic) bond motifs is 1. The van der Waals surface area contributed by atoms with Crippen LogP contribution in [0.25, 0.3) is 6.08 Å². The number of amides is 2. The Labute approximate surface area is 211 Å². The second-order valence-electron chi connectivity index (χ2n) is 9.27.